The van der Waals surface area contributed by atoms with Crippen LogP contribution in [-0.4, -0.2) is 35.2 Å². The van der Waals surface area contributed by atoms with E-state index in [0.29, 0.717) is 12.5 Å². The predicted octanol–water partition coefficient (Wildman–Crippen LogP) is 2.66. The van der Waals surface area contributed by atoms with Gasteiger partial charge in [-0.15, -0.1) is 0 Å². The first-order chi connectivity index (χ1) is 7.12. The summed E-state index contributed by atoms with van der Waals surface area (Å²) < 4.78 is 0. The Balaban J connectivity index is 2.55. The van der Waals surface area contributed by atoms with Crippen LogP contribution in [0.25, 0.3) is 0 Å². The fourth-order valence-corrected chi connectivity index (χ4v) is 2.83. The second-order valence-corrected chi connectivity index (χ2v) is 5.35. The van der Waals surface area contributed by atoms with Gasteiger partial charge in [0.25, 0.3) is 0 Å². The van der Waals surface area contributed by atoms with E-state index in [1.165, 1.54) is 38.8 Å². The van der Waals surface area contributed by atoms with Crippen LogP contribution < -0.4 is 0 Å². The zero-order valence-corrected chi connectivity index (χ0v) is 10.6. The molecule has 90 valence electrons. The number of unbranched alkanes of at least 4 members (excludes halogenated alkanes) is 1. The lowest BCUT2D eigenvalue weighted by atomic mass is 9.77. The minimum absolute atomic E-state index is 0.288. The lowest BCUT2D eigenvalue weighted by molar-refractivity contribution is 0.0101. The lowest BCUT2D eigenvalue weighted by Gasteiger charge is -2.48. The first-order valence-corrected chi connectivity index (χ1v) is 6.48. The summed E-state index contributed by atoms with van der Waals surface area (Å²) in [4.78, 5) is 2.63. The number of piperidine rings is 1. The van der Waals surface area contributed by atoms with Crippen molar-refractivity contribution in [3.8, 4) is 0 Å². The standard InChI is InChI=1S/C13H27NO/c1-4-5-9-14-10-6-7-12(8-11-15)13(14,2)3/h12,15H,4-11H2,1-3H3. The summed E-state index contributed by atoms with van der Waals surface area (Å²) >= 11 is 0. The Labute approximate surface area is 94.7 Å². The van der Waals surface area contributed by atoms with E-state index in [1.807, 2.05) is 0 Å². The molecule has 0 saturated carbocycles. The average Bonchev–Trinajstić information content (AvgIpc) is 2.19. The molecule has 1 fully saturated rings. The molecule has 0 aromatic rings. The zero-order valence-electron chi connectivity index (χ0n) is 10.6. The highest BCUT2D eigenvalue weighted by Crippen LogP contribution is 2.35. The number of rotatable bonds is 5. The maximum absolute atomic E-state index is 9.09. The predicted molar refractivity (Wildman–Crippen MR) is 65.0 cm³/mol. The van der Waals surface area contributed by atoms with Crippen LogP contribution in [0.3, 0.4) is 0 Å². The van der Waals surface area contributed by atoms with Gasteiger partial charge in [-0.25, -0.2) is 0 Å². The topological polar surface area (TPSA) is 23.5 Å². The quantitative estimate of drug-likeness (QED) is 0.759. The number of hydrogen-bond acceptors (Lipinski definition) is 2. The van der Waals surface area contributed by atoms with E-state index < -0.39 is 0 Å². The smallest absolute Gasteiger partial charge is 0.0434 e. The highest BCUT2D eigenvalue weighted by molar-refractivity contribution is 4.92. The minimum Gasteiger partial charge on any atom is -0.396 e. The zero-order chi connectivity index (χ0) is 11.3. The molecule has 0 radical (unpaired) electrons. The summed E-state index contributed by atoms with van der Waals surface area (Å²) in [7, 11) is 0. The van der Waals surface area contributed by atoms with Gasteiger partial charge in [0, 0.05) is 12.1 Å². The summed E-state index contributed by atoms with van der Waals surface area (Å²) in [5.74, 6) is 0.674. The Morgan fingerprint density at radius 1 is 1.40 bits per heavy atom. The molecule has 1 heterocycles. The highest BCUT2D eigenvalue weighted by Gasteiger charge is 2.37. The van der Waals surface area contributed by atoms with E-state index in [-0.39, 0.29) is 5.54 Å². The van der Waals surface area contributed by atoms with E-state index >= 15 is 0 Å². The number of hydrogen-bond donors (Lipinski definition) is 1. The van der Waals surface area contributed by atoms with Crippen LogP contribution in [-0.2, 0) is 0 Å². The largest absolute Gasteiger partial charge is 0.396 e. The summed E-state index contributed by atoms with van der Waals surface area (Å²) in [6, 6.07) is 0. The van der Waals surface area contributed by atoms with Crippen LogP contribution >= 0.6 is 0 Å². The summed E-state index contributed by atoms with van der Waals surface area (Å²) in [5, 5.41) is 9.09. The third-order valence-electron chi connectivity index (χ3n) is 4.05. The van der Waals surface area contributed by atoms with Crippen LogP contribution in [0.15, 0.2) is 0 Å². The van der Waals surface area contributed by atoms with Gasteiger partial charge in [-0.1, -0.05) is 13.3 Å². The number of aliphatic hydroxyl groups is 1. The van der Waals surface area contributed by atoms with Crippen molar-refractivity contribution < 1.29 is 5.11 Å². The van der Waals surface area contributed by atoms with Gasteiger partial charge in [0.2, 0.25) is 0 Å². The molecule has 1 unspecified atom stereocenters. The van der Waals surface area contributed by atoms with Crippen molar-refractivity contribution in [2.45, 2.75) is 58.4 Å². The van der Waals surface area contributed by atoms with E-state index in [2.05, 4.69) is 25.7 Å². The molecule has 15 heavy (non-hydrogen) atoms. The molecule has 2 heteroatoms. The lowest BCUT2D eigenvalue weighted by Crippen LogP contribution is -2.53. The van der Waals surface area contributed by atoms with Crippen molar-refractivity contribution in [2.24, 2.45) is 5.92 Å². The highest BCUT2D eigenvalue weighted by atomic mass is 16.3. The molecule has 1 rings (SSSR count). The summed E-state index contributed by atoms with van der Waals surface area (Å²) in [6.45, 7) is 9.77. The molecule has 0 aromatic carbocycles. The third-order valence-corrected chi connectivity index (χ3v) is 4.05. The first-order valence-electron chi connectivity index (χ1n) is 6.48. The molecule has 1 aliphatic heterocycles. The molecule has 1 saturated heterocycles. The summed E-state index contributed by atoms with van der Waals surface area (Å²) in [6.07, 6.45) is 6.14. The van der Waals surface area contributed by atoms with Gasteiger partial charge in [-0.3, -0.25) is 4.90 Å². The molecule has 1 aliphatic rings. The molecular weight excluding hydrogens is 186 g/mol. The molecule has 1 N–H and O–H groups in total. The van der Waals surface area contributed by atoms with Gasteiger partial charge < -0.3 is 5.11 Å². The maximum Gasteiger partial charge on any atom is 0.0434 e. The molecule has 0 spiro atoms. The molecule has 2 nitrogen and oxygen atoms in total. The van der Waals surface area contributed by atoms with Crippen molar-refractivity contribution in [2.75, 3.05) is 19.7 Å². The average molecular weight is 213 g/mol. The Bertz CT molecular complexity index is 177. The van der Waals surface area contributed by atoms with Crippen LogP contribution in [0.2, 0.25) is 0 Å². The molecule has 0 aliphatic carbocycles. The van der Waals surface area contributed by atoms with Crippen LogP contribution in [0.4, 0.5) is 0 Å². The number of nitrogens with zero attached hydrogens (tertiary/aromatic N) is 1. The molecule has 0 aromatic heterocycles. The summed E-state index contributed by atoms with van der Waals surface area (Å²) in [5.41, 5.74) is 0.288. The fourth-order valence-electron chi connectivity index (χ4n) is 2.83. The fraction of sp³-hybridized carbons (Fsp3) is 1.00. The second kappa shape index (κ2) is 5.86. The minimum atomic E-state index is 0.288. The van der Waals surface area contributed by atoms with Crippen molar-refractivity contribution >= 4 is 0 Å². The molecule has 0 amide bonds. The normalized spacial score (nSPS) is 26.8. The Kier molecular flexibility index (Phi) is 5.07. The van der Waals surface area contributed by atoms with E-state index in [4.69, 9.17) is 5.11 Å². The van der Waals surface area contributed by atoms with Gasteiger partial charge in [-0.2, -0.15) is 0 Å². The van der Waals surface area contributed by atoms with Gasteiger partial charge >= 0.3 is 0 Å². The van der Waals surface area contributed by atoms with E-state index in [0.717, 1.165) is 6.42 Å². The van der Waals surface area contributed by atoms with Gasteiger partial charge in [0.15, 0.2) is 0 Å². The third kappa shape index (κ3) is 3.18. The molecule has 1 atom stereocenters. The van der Waals surface area contributed by atoms with Crippen LogP contribution in [0.1, 0.15) is 52.9 Å². The number of aliphatic hydroxyl groups excluding tert-OH is 1. The molecular formula is C13H27NO. The maximum atomic E-state index is 9.09. The van der Waals surface area contributed by atoms with E-state index in [1.54, 1.807) is 0 Å². The molecule has 0 bridgehead atoms. The SMILES string of the molecule is CCCCN1CCCC(CCO)C1(C)C. The van der Waals surface area contributed by atoms with Crippen molar-refractivity contribution in [1.29, 1.82) is 0 Å². The Hall–Kier alpha value is -0.0800. The van der Waals surface area contributed by atoms with Crippen molar-refractivity contribution in [3.05, 3.63) is 0 Å². The van der Waals surface area contributed by atoms with Gasteiger partial charge in [0.05, 0.1) is 0 Å². The van der Waals surface area contributed by atoms with Gasteiger partial charge in [-0.05, 0) is 58.5 Å². The Morgan fingerprint density at radius 3 is 2.73 bits per heavy atom. The second-order valence-electron chi connectivity index (χ2n) is 5.35. The van der Waals surface area contributed by atoms with Crippen molar-refractivity contribution in [3.63, 3.8) is 0 Å². The van der Waals surface area contributed by atoms with Crippen LogP contribution in [0.5, 0.6) is 0 Å². The van der Waals surface area contributed by atoms with E-state index in [9.17, 15) is 0 Å². The number of likely N-dealkylation sites (tertiary alicyclic amines) is 1. The van der Waals surface area contributed by atoms with Crippen LogP contribution in [0, 0.1) is 5.92 Å². The van der Waals surface area contributed by atoms with Gasteiger partial charge in [0.1, 0.15) is 0 Å². The van der Waals surface area contributed by atoms with Crippen molar-refractivity contribution in [1.82, 2.24) is 4.90 Å². The first kappa shape index (κ1) is 13.0. The Morgan fingerprint density at radius 2 is 2.13 bits per heavy atom. The monoisotopic (exact) mass is 213 g/mol.